The summed E-state index contributed by atoms with van der Waals surface area (Å²) in [5, 5.41) is 6.74. The van der Waals surface area contributed by atoms with Crippen LogP contribution in [0.4, 0.5) is 0 Å². The van der Waals surface area contributed by atoms with E-state index in [0.29, 0.717) is 0 Å². The first kappa shape index (κ1) is 8.05. The number of hydrogen-bond donors (Lipinski definition) is 3. The number of rotatable bonds is 2. The fraction of sp³-hybridized carbons (Fsp3) is 0. The van der Waals surface area contributed by atoms with Crippen molar-refractivity contribution in [1.29, 1.82) is 0 Å². The molecule has 0 atom stereocenters. The predicted molar refractivity (Wildman–Crippen MR) is 56.0 cm³/mol. The Morgan fingerprint density at radius 3 is 2.80 bits per heavy atom. The van der Waals surface area contributed by atoms with Crippen LogP contribution < -0.4 is 0 Å². The maximum absolute atomic E-state index is 4.27. The lowest BCUT2D eigenvalue weighted by Gasteiger charge is -1.91. The lowest BCUT2D eigenvalue weighted by molar-refractivity contribution is 1.08. The maximum Gasteiger partial charge on any atom is 0.155 e. The minimum atomic E-state index is 0.789. The Bertz CT molecular complexity index is 483. The average molecular weight is 199 g/mol. The molecule has 0 amide bonds. The van der Waals surface area contributed by atoms with Gasteiger partial charge in [-0.15, -0.1) is 0 Å². The van der Waals surface area contributed by atoms with Gasteiger partial charge in [0.25, 0.3) is 0 Å². The van der Waals surface area contributed by atoms with E-state index in [9.17, 15) is 0 Å². The molecule has 0 aromatic carbocycles. The zero-order valence-corrected chi connectivity index (χ0v) is 7.86. The predicted octanol–water partition coefficient (Wildman–Crippen LogP) is 1.79. The van der Waals surface area contributed by atoms with E-state index in [-0.39, 0.29) is 0 Å². The molecule has 15 heavy (non-hydrogen) atoms. The summed E-state index contributed by atoms with van der Waals surface area (Å²) in [6.07, 6.45) is 5.38. The van der Waals surface area contributed by atoms with E-state index < -0.39 is 0 Å². The van der Waals surface area contributed by atoms with Crippen molar-refractivity contribution in [2.75, 3.05) is 0 Å². The van der Waals surface area contributed by atoms with Crippen LogP contribution in [0.3, 0.4) is 0 Å². The molecular formula is C10H9N5. The number of aromatic nitrogens is 5. The molecule has 0 unspecified atom stereocenters. The molecule has 0 aliphatic rings. The van der Waals surface area contributed by atoms with Crippen molar-refractivity contribution in [3.63, 3.8) is 0 Å². The molecule has 3 N–H and O–H groups in total. The summed E-state index contributed by atoms with van der Waals surface area (Å²) in [7, 11) is 0. The number of imidazole rings is 1. The summed E-state index contributed by atoms with van der Waals surface area (Å²) in [6, 6.07) is 5.81. The maximum atomic E-state index is 4.27. The van der Waals surface area contributed by atoms with Crippen LogP contribution in [0.1, 0.15) is 0 Å². The Morgan fingerprint density at radius 1 is 1.07 bits per heavy atom. The van der Waals surface area contributed by atoms with Gasteiger partial charge in [0.1, 0.15) is 5.69 Å². The van der Waals surface area contributed by atoms with Gasteiger partial charge in [0.2, 0.25) is 0 Å². The largest absolute Gasteiger partial charge is 0.360 e. The fourth-order valence-corrected chi connectivity index (χ4v) is 1.48. The third-order valence-electron chi connectivity index (χ3n) is 2.22. The number of nitrogens with zero attached hydrogens (tertiary/aromatic N) is 2. The van der Waals surface area contributed by atoms with Crippen LogP contribution in [-0.2, 0) is 0 Å². The lowest BCUT2D eigenvalue weighted by Crippen LogP contribution is -1.81. The van der Waals surface area contributed by atoms with E-state index in [1.165, 1.54) is 0 Å². The van der Waals surface area contributed by atoms with Crippen molar-refractivity contribution >= 4 is 0 Å². The van der Waals surface area contributed by atoms with Gasteiger partial charge in [-0.2, -0.15) is 5.10 Å². The molecule has 0 aliphatic carbocycles. The van der Waals surface area contributed by atoms with E-state index in [1.54, 1.807) is 12.4 Å². The Kier molecular flexibility index (Phi) is 1.68. The minimum absolute atomic E-state index is 0.789. The van der Waals surface area contributed by atoms with Crippen molar-refractivity contribution in [1.82, 2.24) is 25.1 Å². The molecule has 0 aliphatic heterocycles. The summed E-state index contributed by atoms with van der Waals surface area (Å²) in [5.74, 6) is 0.789. The first-order valence-electron chi connectivity index (χ1n) is 4.62. The molecule has 3 heterocycles. The van der Waals surface area contributed by atoms with E-state index >= 15 is 0 Å². The first-order valence-corrected chi connectivity index (χ1v) is 4.62. The molecular weight excluding hydrogens is 190 g/mol. The summed E-state index contributed by atoms with van der Waals surface area (Å²) < 4.78 is 0. The van der Waals surface area contributed by atoms with Gasteiger partial charge in [-0.05, 0) is 18.2 Å². The number of H-pyrrole nitrogens is 3. The molecule has 0 bridgehead atoms. The average Bonchev–Trinajstić information content (AvgIpc) is 3.02. The van der Waals surface area contributed by atoms with Gasteiger partial charge in [0, 0.05) is 12.4 Å². The van der Waals surface area contributed by atoms with Crippen LogP contribution in [0.2, 0.25) is 0 Å². The highest BCUT2D eigenvalue weighted by Crippen LogP contribution is 2.18. The Hall–Kier alpha value is -2.30. The molecule has 3 rings (SSSR count). The number of hydrogen-bond acceptors (Lipinski definition) is 2. The second-order valence-corrected chi connectivity index (χ2v) is 3.20. The zero-order valence-electron chi connectivity index (χ0n) is 7.86. The van der Waals surface area contributed by atoms with Crippen LogP contribution in [0.15, 0.2) is 36.8 Å². The van der Waals surface area contributed by atoms with Crippen LogP contribution in [0.25, 0.3) is 22.9 Å². The summed E-state index contributed by atoms with van der Waals surface area (Å²) in [5.41, 5.74) is 2.87. The molecule has 74 valence electrons. The molecule has 0 saturated carbocycles. The molecule has 0 radical (unpaired) electrons. The van der Waals surface area contributed by atoms with Crippen LogP contribution in [0, 0.1) is 0 Å². The van der Waals surface area contributed by atoms with E-state index in [1.807, 2.05) is 24.4 Å². The number of nitrogens with one attached hydrogen (secondary N) is 3. The normalized spacial score (nSPS) is 10.7. The van der Waals surface area contributed by atoms with Crippen LogP contribution in [0.5, 0.6) is 0 Å². The summed E-state index contributed by atoms with van der Waals surface area (Å²) >= 11 is 0. The van der Waals surface area contributed by atoms with Gasteiger partial charge in [-0.1, -0.05) is 0 Å². The first-order chi connectivity index (χ1) is 7.43. The van der Waals surface area contributed by atoms with Gasteiger partial charge in [0.05, 0.1) is 17.6 Å². The molecule has 0 spiro atoms. The van der Waals surface area contributed by atoms with Crippen LogP contribution in [-0.4, -0.2) is 25.1 Å². The quantitative estimate of drug-likeness (QED) is 0.588. The summed E-state index contributed by atoms with van der Waals surface area (Å²) in [4.78, 5) is 10.6. The monoisotopic (exact) mass is 199 g/mol. The third-order valence-corrected chi connectivity index (χ3v) is 2.22. The van der Waals surface area contributed by atoms with Crippen molar-refractivity contribution in [3.05, 3.63) is 36.8 Å². The Morgan fingerprint density at radius 2 is 2.07 bits per heavy atom. The van der Waals surface area contributed by atoms with Gasteiger partial charge in [-0.3, -0.25) is 5.10 Å². The molecule has 5 heteroatoms. The minimum Gasteiger partial charge on any atom is -0.360 e. The highest BCUT2D eigenvalue weighted by molar-refractivity contribution is 5.59. The van der Waals surface area contributed by atoms with Gasteiger partial charge in [0.15, 0.2) is 5.82 Å². The van der Waals surface area contributed by atoms with Crippen molar-refractivity contribution in [3.8, 4) is 22.9 Å². The van der Waals surface area contributed by atoms with Gasteiger partial charge < -0.3 is 9.97 Å². The molecule has 3 aromatic rings. The van der Waals surface area contributed by atoms with E-state index in [4.69, 9.17) is 0 Å². The molecule has 0 fully saturated rings. The standard InChI is InChI=1S/C10H9N5/c1-2-7(11-4-1)9-6-12-10(14-9)8-3-5-13-15-8/h1-6,11H,(H,12,14)(H,13,15). The third kappa shape index (κ3) is 1.34. The smallest absolute Gasteiger partial charge is 0.155 e. The SMILES string of the molecule is c1c[nH]c(-c2cnc(-c3ccn[nH]3)[nH]2)c1. The topological polar surface area (TPSA) is 73.2 Å². The Balaban J connectivity index is 2.02. The highest BCUT2D eigenvalue weighted by atomic mass is 15.1. The molecule has 5 nitrogen and oxygen atoms in total. The lowest BCUT2D eigenvalue weighted by atomic mass is 10.3. The second-order valence-electron chi connectivity index (χ2n) is 3.20. The number of aromatic amines is 3. The second kappa shape index (κ2) is 3.13. The van der Waals surface area contributed by atoms with E-state index in [0.717, 1.165) is 22.9 Å². The highest BCUT2D eigenvalue weighted by Gasteiger charge is 2.05. The molecule has 3 aromatic heterocycles. The van der Waals surface area contributed by atoms with E-state index in [2.05, 4.69) is 25.1 Å². The van der Waals surface area contributed by atoms with Crippen molar-refractivity contribution in [2.24, 2.45) is 0 Å². The fourth-order valence-electron chi connectivity index (χ4n) is 1.48. The van der Waals surface area contributed by atoms with Gasteiger partial charge in [-0.25, -0.2) is 4.98 Å². The molecule has 0 saturated heterocycles. The van der Waals surface area contributed by atoms with Crippen molar-refractivity contribution < 1.29 is 0 Å². The van der Waals surface area contributed by atoms with Gasteiger partial charge >= 0.3 is 0 Å². The zero-order chi connectivity index (χ0) is 10.1. The van der Waals surface area contributed by atoms with Crippen molar-refractivity contribution in [2.45, 2.75) is 0 Å². The Labute approximate surface area is 85.6 Å². The van der Waals surface area contributed by atoms with Crippen LogP contribution >= 0.6 is 0 Å². The summed E-state index contributed by atoms with van der Waals surface area (Å²) in [6.45, 7) is 0.